The Balaban J connectivity index is 1.27. The molecule has 0 atom stereocenters. The molecule has 3 aromatic rings. The molecule has 2 aliphatic heterocycles. The lowest BCUT2D eigenvalue weighted by molar-refractivity contribution is -0.0122. The van der Waals surface area contributed by atoms with Crippen molar-refractivity contribution in [2.24, 2.45) is 0 Å². The molecule has 2 fully saturated rings. The molecule has 1 aromatic carbocycles. The van der Waals surface area contributed by atoms with Crippen molar-refractivity contribution in [1.29, 1.82) is 0 Å². The molecule has 0 radical (unpaired) electrons. The summed E-state index contributed by atoms with van der Waals surface area (Å²) in [4.78, 5) is 23.2. The molecule has 9 nitrogen and oxygen atoms in total. The van der Waals surface area contributed by atoms with Gasteiger partial charge in [0.05, 0.1) is 5.69 Å². The normalized spacial score (nSPS) is 17.9. The zero-order valence-electron chi connectivity index (χ0n) is 18.7. The summed E-state index contributed by atoms with van der Waals surface area (Å²) in [7, 11) is 0. The van der Waals surface area contributed by atoms with Gasteiger partial charge in [-0.05, 0) is 42.8 Å². The molecule has 4 N–H and O–H groups in total. The second-order valence-electron chi connectivity index (χ2n) is 9.03. The molecule has 1 amide bonds. The van der Waals surface area contributed by atoms with Crippen molar-refractivity contribution in [2.75, 3.05) is 42.6 Å². The summed E-state index contributed by atoms with van der Waals surface area (Å²) >= 11 is 0. The third-order valence-electron chi connectivity index (χ3n) is 6.68. The summed E-state index contributed by atoms with van der Waals surface area (Å²) < 4.78 is 26.3. The first-order chi connectivity index (χ1) is 16.5. The molecular weight excluding hydrogens is 439 g/mol. The monoisotopic (exact) mass is 464 g/mol. The van der Waals surface area contributed by atoms with Crippen molar-refractivity contribution in [3.8, 4) is 17.0 Å². The molecule has 3 aliphatic rings. The zero-order chi connectivity index (χ0) is 23.4. The third-order valence-corrected chi connectivity index (χ3v) is 6.68. The Hall–Kier alpha value is -3.66. The van der Waals surface area contributed by atoms with E-state index in [4.69, 9.17) is 15.2 Å². The number of benzene rings is 1. The fourth-order valence-corrected chi connectivity index (χ4v) is 4.62. The van der Waals surface area contributed by atoms with Crippen LogP contribution in [0.15, 0.2) is 24.5 Å². The maximum Gasteiger partial charge on any atom is 0.413 e. The minimum atomic E-state index is -0.552. The second kappa shape index (κ2) is 7.98. The number of nitrogens with two attached hydrogens (primary N) is 1. The van der Waals surface area contributed by atoms with Crippen molar-refractivity contribution in [2.45, 2.75) is 31.9 Å². The Kier molecular flexibility index (Phi) is 4.91. The van der Waals surface area contributed by atoms with Gasteiger partial charge in [0.15, 0.2) is 5.82 Å². The van der Waals surface area contributed by atoms with Crippen molar-refractivity contribution < 1.29 is 18.7 Å². The van der Waals surface area contributed by atoms with Crippen LogP contribution < -0.4 is 21.1 Å². The molecule has 10 heteroatoms. The predicted molar refractivity (Wildman–Crippen MR) is 127 cm³/mol. The fourth-order valence-electron chi connectivity index (χ4n) is 4.62. The van der Waals surface area contributed by atoms with E-state index in [1.165, 1.54) is 19.0 Å². The van der Waals surface area contributed by atoms with Gasteiger partial charge < -0.3 is 20.5 Å². The van der Waals surface area contributed by atoms with Crippen LogP contribution in [0.3, 0.4) is 0 Å². The Morgan fingerprint density at radius 3 is 2.88 bits per heavy atom. The highest BCUT2D eigenvalue weighted by atomic mass is 19.1. The van der Waals surface area contributed by atoms with Crippen LogP contribution in [0.25, 0.3) is 21.9 Å². The van der Waals surface area contributed by atoms with Gasteiger partial charge >= 0.3 is 6.09 Å². The number of amides is 1. The maximum atomic E-state index is 15.3. The number of nitrogen functional groups attached to an aromatic ring is 1. The van der Waals surface area contributed by atoms with Gasteiger partial charge in [0.25, 0.3) is 0 Å². The number of carbonyl (C=O) groups excluding carboxylic acids is 1. The lowest BCUT2D eigenvalue weighted by Crippen LogP contribution is -2.54. The number of carbonyl (C=O) groups is 1. The van der Waals surface area contributed by atoms with Gasteiger partial charge in [-0.2, -0.15) is 0 Å². The van der Waals surface area contributed by atoms with Crippen LogP contribution in [-0.2, 0) is 4.74 Å². The zero-order valence-corrected chi connectivity index (χ0v) is 18.7. The molecule has 4 heterocycles. The number of rotatable bonds is 4. The Morgan fingerprint density at radius 2 is 2.09 bits per heavy atom. The van der Waals surface area contributed by atoms with Crippen LogP contribution in [0.1, 0.15) is 18.4 Å². The van der Waals surface area contributed by atoms with E-state index < -0.39 is 11.9 Å². The topological polar surface area (TPSA) is 115 Å². The van der Waals surface area contributed by atoms with Gasteiger partial charge in [0.2, 0.25) is 5.88 Å². The quantitative estimate of drug-likeness (QED) is 0.503. The molecule has 1 aliphatic carbocycles. The average Bonchev–Trinajstić information content (AvgIpc) is 3.64. The number of likely N-dealkylation sites (tertiary alicyclic amines) is 1. The number of nitrogens with zero attached hydrogens (tertiary/aromatic N) is 3. The van der Waals surface area contributed by atoms with Gasteiger partial charge in [-0.15, -0.1) is 0 Å². The number of aromatic nitrogens is 2. The summed E-state index contributed by atoms with van der Waals surface area (Å²) in [6.07, 6.45) is 4.86. The number of hydrogen-bond acceptors (Lipinski definition) is 8. The second-order valence-corrected chi connectivity index (χ2v) is 9.03. The predicted octanol–water partition coefficient (Wildman–Crippen LogP) is 3.53. The molecule has 2 aromatic heterocycles. The molecule has 6 rings (SSSR count). The number of hydrogen-bond donors (Lipinski definition) is 3. The van der Waals surface area contributed by atoms with Gasteiger partial charge in [-0.25, -0.2) is 19.2 Å². The van der Waals surface area contributed by atoms with Crippen LogP contribution in [-0.4, -0.2) is 59.3 Å². The Labute approximate surface area is 195 Å². The standard InChI is InChI=1S/C24H25FN6O3/c1-12-17(8-29-23-22(12)27-4-5-33-23)16-6-13-7-19(28-9-18(13)21(26)20(16)25)30-24(32)34-15-10-31(11-15)14-2-3-14/h6-9,14-15,27H,2-5,10-11,26H2,1H3,(H,28,30,32). The van der Waals surface area contributed by atoms with E-state index in [1.54, 1.807) is 18.3 Å². The SMILES string of the molecule is Cc1c(-c2cc3cc(NC(=O)OC4CN(C5CC5)C4)ncc3c(N)c2F)cnc2c1NCCO2. The number of ether oxygens (including phenoxy) is 2. The highest BCUT2D eigenvalue weighted by Crippen LogP contribution is 2.39. The summed E-state index contributed by atoms with van der Waals surface area (Å²) in [6.45, 7) is 4.61. The largest absolute Gasteiger partial charge is 0.474 e. The highest BCUT2D eigenvalue weighted by molar-refractivity contribution is 5.99. The van der Waals surface area contributed by atoms with Gasteiger partial charge in [0, 0.05) is 54.6 Å². The molecule has 0 unspecified atom stereocenters. The number of nitrogens with one attached hydrogen (secondary N) is 2. The van der Waals surface area contributed by atoms with Gasteiger partial charge in [-0.1, -0.05) is 0 Å². The molecule has 0 bridgehead atoms. The molecule has 1 saturated heterocycles. The summed E-state index contributed by atoms with van der Waals surface area (Å²) in [5.74, 6) is 0.270. The molecule has 0 spiro atoms. The van der Waals surface area contributed by atoms with E-state index in [9.17, 15) is 4.79 Å². The van der Waals surface area contributed by atoms with Crippen LogP contribution in [0.2, 0.25) is 0 Å². The Bertz CT molecular complexity index is 1310. The molecular formula is C24H25FN6O3. The van der Waals surface area contributed by atoms with E-state index in [0.29, 0.717) is 52.8 Å². The number of halogens is 1. The van der Waals surface area contributed by atoms with Crippen LogP contribution >= 0.6 is 0 Å². The first kappa shape index (κ1) is 20.9. The van der Waals surface area contributed by atoms with E-state index in [-0.39, 0.29) is 11.8 Å². The first-order valence-corrected chi connectivity index (χ1v) is 11.4. The van der Waals surface area contributed by atoms with E-state index in [0.717, 1.165) is 24.3 Å². The smallest absolute Gasteiger partial charge is 0.413 e. The molecule has 1 saturated carbocycles. The number of pyridine rings is 2. The summed E-state index contributed by atoms with van der Waals surface area (Å²) in [5, 5.41) is 7.04. The minimum Gasteiger partial charge on any atom is -0.474 e. The maximum absolute atomic E-state index is 15.3. The fraction of sp³-hybridized carbons (Fsp3) is 0.375. The van der Waals surface area contributed by atoms with Crippen molar-refractivity contribution in [3.63, 3.8) is 0 Å². The highest BCUT2D eigenvalue weighted by Gasteiger charge is 2.39. The average molecular weight is 465 g/mol. The molecule has 176 valence electrons. The van der Waals surface area contributed by atoms with Crippen LogP contribution in [0.4, 0.5) is 26.4 Å². The summed E-state index contributed by atoms with van der Waals surface area (Å²) in [6, 6.07) is 4.02. The molecule has 34 heavy (non-hydrogen) atoms. The van der Waals surface area contributed by atoms with E-state index in [1.807, 2.05) is 6.92 Å². The van der Waals surface area contributed by atoms with Crippen LogP contribution in [0.5, 0.6) is 5.88 Å². The number of anilines is 3. The van der Waals surface area contributed by atoms with Gasteiger partial charge in [-0.3, -0.25) is 10.2 Å². The van der Waals surface area contributed by atoms with Gasteiger partial charge in [0.1, 0.15) is 24.2 Å². The van der Waals surface area contributed by atoms with Crippen molar-refractivity contribution >= 4 is 34.1 Å². The van der Waals surface area contributed by atoms with E-state index in [2.05, 4.69) is 25.5 Å². The van der Waals surface area contributed by atoms with Crippen LogP contribution in [0, 0.1) is 12.7 Å². The first-order valence-electron chi connectivity index (χ1n) is 11.4. The van der Waals surface area contributed by atoms with E-state index >= 15 is 4.39 Å². The Morgan fingerprint density at radius 1 is 1.26 bits per heavy atom. The summed E-state index contributed by atoms with van der Waals surface area (Å²) in [5.41, 5.74) is 8.62. The minimum absolute atomic E-state index is 0.00917. The van der Waals surface area contributed by atoms with Crippen molar-refractivity contribution in [3.05, 3.63) is 35.9 Å². The number of fused-ring (bicyclic) bond motifs is 2. The van der Waals surface area contributed by atoms with Crippen molar-refractivity contribution in [1.82, 2.24) is 14.9 Å². The third kappa shape index (κ3) is 3.63. The lowest BCUT2D eigenvalue weighted by atomic mass is 9.97. The lowest BCUT2D eigenvalue weighted by Gasteiger charge is -2.38.